The van der Waals surface area contributed by atoms with E-state index in [4.69, 9.17) is 14.6 Å². The lowest BCUT2D eigenvalue weighted by atomic mass is 9.96. The summed E-state index contributed by atoms with van der Waals surface area (Å²) in [6, 6.07) is 15.1. The van der Waals surface area contributed by atoms with Crippen LogP contribution in [-0.4, -0.2) is 18.2 Å². The molecule has 1 atom stereocenters. The number of carboxylic acid groups (broad SMARTS) is 1. The topological polar surface area (TPSA) is 55.8 Å². The van der Waals surface area contributed by atoms with Gasteiger partial charge in [-0.2, -0.15) is 0 Å². The van der Waals surface area contributed by atoms with Crippen molar-refractivity contribution in [3.05, 3.63) is 59.7 Å². The molecule has 0 unspecified atom stereocenters. The van der Waals surface area contributed by atoms with E-state index in [-0.39, 0.29) is 12.3 Å². The molecule has 0 bridgehead atoms. The number of rotatable bonds is 7. The molecule has 2 aromatic carbocycles. The van der Waals surface area contributed by atoms with Crippen LogP contribution in [0, 0.1) is 11.8 Å². The average Bonchev–Trinajstić information content (AvgIpc) is 2.60. The summed E-state index contributed by atoms with van der Waals surface area (Å²) in [6.07, 6.45) is -0.00705. The number of carbonyl (C=O) groups is 1. The molecule has 1 N–H and O–H groups in total. The third-order valence-electron chi connectivity index (χ3n) is 3.54. The minimum atomic E-state index is -0.859. The molecule has 0 saturated heterocycles. The van der Waals surface area contributed by atoms with E-state index >= 15 is 0 Å². The molecule has 0 fully saturated rings. The minimum Gasteiger partial charge on any atom is -0.497 e. The summed E-state index contributed by atoms with van der Waals surface area (Å²) in [5.74, 6) is 6.10. The highest BCUT2D eigenvalue weighted by Gasteiger charge is 2.13. The third-order valence-corrected chi connectivity index (χ3v) is 3.54. The van der Waals surface area contributed by atoms with Crippen molar-refractivity contribution in [2.75, 3.05) is 7.11 Å². The van der Waals surface area contributed by atoms with E-state index in [2.05, 4.69) is 11.8 Å². The first-order valence-corrected chi connectivity index (χ1v) is 7.62. The van der Waals surface area contributed by atoms with Gasteiger partial charge in [0, 0.05) is 0 Å². The molecular weight excluding hydrogens is 304 g/mol. The maximum atomic E-state index is 10.9. The summed E-state index contributed by atoms with van der Waals surface area (Å²) in [5, 5.41) is 8.97. The summed E-state index contributed by atoms with van der Waals surface area (Å²) in [5.41, 5.74) is 1.92. The standard InChI is InChI=1S/C20H20O4/c1-3-4-17(13-20(21)22)16-7-11-19(12-8-16)24-14-15-5-9-18(23-2)10-6-15/h5-12,17H,13-14H2,1-2H3,(H,21,22)/t17-/m0/s1. The number of benzene rings is 2. The van der Waals surface area contributed by atoms with Crippen LogP contribution in [0.4, 0.5) is 0 Å². The molecule has 0 spiro atoms. The molecule has 24 heavy (non-hydrogen) atoms. The Balaban J connectivity index is 1.99. The number of hydrogen-bond donors (Lipinski definition) is 1. The second-order valence-electron chi connectivity index (χ2n) is 5.25. The lowest BCUT2D eigenvalue weighted by Crippen LogP contribution is -2.04. The normalized spacial score (nSPS) is 11.1. The Kier molecular flexibility index (Phi) is 6.27. The van der Waals surface area contributed by atoms with E-state index in [9.17, 15) is 4.79 Å². The molecule has 0 aliphatic rings. The SMILES string of the molecule is CC#C[C@@H](CC(=O)O)c1ccc(OCc2ccc(OC)cc2)cc1. The molecule has 0 aliphatic carbocycles. The highest BCUT2D eigenvalue weighted by molar-refractivity contribution is 5.69. The molecule has 2 rings (SSSR count). The molecule has 4 heteroatoms. The molecule has 124 valence electrons. The van der Waals surface area contributed by atoms with E-state index < -0.39 is 5.97 Å². The van der Waals surface area contributed by atoms with Crippen molar-refractivity contribution in [1.29, 1.82) is 0 Å². The van der Waals surface area contributed by atoms with Gasteiger partial charge in [0.2, 0.25) is 0 Å². The van der Waals surface area contributed by atoms with Crippen molar-refractivity contribution in [2.45, 2.75) is 25.9 Å². The van der Waals surface area contributed by atoms with E-state index in [0.717, 1.165) is 22.6 Å². The predicted molar refractivity (Wildman–Crippen MR) is 92.2 cm³/mol. The van der Waals surface area contributed by atoms with E-state index in [1.807, 2.05) is 48.5 Å². The zero-order valence-electron chi connectivity index (χ0n) is 13.8. The number of hydrogen-bond acceptors (Lipinski definition) is 3. The van der Waals surface area contributed by atoms with Crippen LogP contribution in [0.2, 0.25) is 0 Å². The van der Waals surface area contributed by atoms with Crippen LogP contribution in [0.5, 0.6) is 11.5 Å². The van der Waals surface area contributed by atoms with Gasteiger partial charge in [-0.3, -0.25) is 4.79 Å². The smallest absolute Gasteiger partial charge is 0.304 e. The molecular formula is C20H20O4. The van der Waals surface area contributed by atoms with Gasteiger partial charge >= 0.3 is 5.97 Å². The highest BCUT2D eigenvalue weighted by Crippen LogP contribution is 2.23. The van der Waals surface area contributed by atoms with E-state index in [0.29, 0.717) is 6.61 Å². The second kappa shape index (κ2) is 8.64. The predicted octanol–water partition coefficient (Wildman–Crippen LogP) is 3.86. The summed E-state index contributed by atoms with van der Waals surface area (Å²) < 4.78 is 10.9. The molecule has 0 heterocycles. The van der Waals surface area contributed by atoms with Gasteiger partial charge < -0.3 is 14.6 Å². The first kappa shape index (κ1) is 17.4. The van der Waals surface area contributed by atoms with Crippen molar-refractivity contribution in [2.24, 2.45) is 0 Å². The Bertz CT molecular complexity index is 721. The molecule has 0 saturated carbocycles. The third kappa shape index (κ3) is 5.06. The number of methoxy groups -OCH3 is 1. The Morgan fingerprint density at radius 3 is 2.25 bits per heavy atom. The quantitative estimate of drug-likeness (QED) is 0.786. The highest BCUT2D eigenvalue weighted by atomic mass is 16.5. The van der Waals surface area contributed by atoms with Gasteiger partial charge in [0.1, 0.15) is 18.1 Å². The maximum absolute atomic E-state index is 10.9. The van der Waals surface area contributed by atoms with Crippen molar-refractivity contribution >= 4 is 5.97 Å². The largest absolute Gasteiger partial charge is 0.497 e. The summed E-state index contributed by atoms with van der Waals surface area (Å²) >= 11 is 0. The minimum absolute atomic E-state index is 0.00705. The van der Waals surface area contributed by atoms with Gasteiger partial charge in [0.05, 0.1) is 19.4 Å². The van der Waals surface area contributed by atoms with Gasteiger partial charge in [-0.1, -0.05) is 30.2 Å². The molecule has 2 aromatic rings. The fourth-order valence-electron chi connectivity index (χ4n) is 2.29. The van der Waals surface area contributed by atoms with Crippen molar-refractivity contribution < 1.29 is 19.4 Å². The Hall–Kier alpha value is -2.93. The Morgan fingerprint density at radius 2 is 1.71 bits per heavy atom. The van der Waals surface area contributed by atoms with Crippen LogP contribution in [-0.2, 0) is 11.4 Å². The fourth-order valence-corrected chi connectivity index (χ4v) is 2.29. The Labute approximate surface area is 142 Å². The zero-order valence-corrected chi connectivity index (χ0v) is 13.8. The van der Waals surface area contributed by atoms with Crippen LogP contribution in [0.1, 0.15) is 30.4 Å². The molecule has 0 aromatic heterocycles. The van der Waals surface area contributed by atoms with Crippen LogP contribution < -0.4 is 9.47 Å². The first-order valence-electron chi connectivity index (χ1n) is 7.62. The lowest BCUT2D eigenvalue weighted by molar-refractivity contribution is -0.137. The van der Waals surface area contributed by atoms with Gasteiger partial charge in [-0.25, -0.2) is 0 Å². The molecule has 0 aliphatic heterocycles. The van der Waals surface area contributed by atoms with Crippen molar-refractivity contribution in [3.8, 4) is 23.3 Å². The summed E-state index contributed by atoms with van der Waals surface area (Å²) in [7, 11) is 1.63. The summed E-state index contributed by atoms with van der Waals surface area (Å²) in [6.45, 7) is 2.16. The molecule has 4 nitrogen and oxygen atoms in total. The van der Waals surface area contributed by atoms with Crippen LogP contribution in [0.15, 0.2) is 48.5 Å². The molecule has 0 radical (unpaired) electrons. The van der Waals surface area contributed by atoms with Crippen LogP contribution in [0.3, 0.4) is 0 Å². The van der Waals surface area contributed by atoms with Crippen LogP contribution in [0.25, 0.3) is 0 Å². The molecule has 0 amide bonds. The van der Waals surface area contributed by atoms with Crippen molar-refractivity contribution in [1.82, 2.24) is 0 Å². The second-order valence-corrected chi connectivity index (χ2v) is 5.25. The maximum Gasteiger partial charge on any atom is 0.304 e. The number of ether oxygens (including phenoxy) is 2. The van der Waals surface area contributed by atoms with Gasteiger partial charge in [-0.15, -0.1) is 5.92 Å². The lowest BCUT2D eigenvalue weighted by Gasteiger charge is -2.11. The number of carboxylic acids is 1. The fraction of sp³-hybridized carbons (Fsp3) is 0.250. The monoisotopic (exact) mass is 324 g/mol. The van der Waals surface area contributed by atoms with Gasteiger partial charge in [0.25, 0.3) is 0 Å². The Morgan fingerprint density at radius 1 is 1.08 bits per heavy atom. The first-order chi connectivity index (χ1) is 11.6. The van der Waals surface area contributed by atoms with Gasteiger partial charge in [0.15, 0.2) is 0 Å². The van der Waals surface area contributed by atoms with Gasteiger partial charge in [-0.05, 0) is 42.3 Å². The van der Waals surface area contributed by atoms with E-state index in [1.54, 1.807) is 14.0 Å². The zero-order chi connectivity index (χ0) is 17.4. The van der Waals surface area contributed by atoms with Crippen LogP contribution >= 0.6 is 0 Å². The van der Waals surface area contributed by atoms with E-state index in [1.165, 1.54) is 0 Å². The van der Waals surface area contributed by atoms with Crippen molar-refractivity contribution in [3.63, 3.8) is 0 Å². The number of aliphatic carboxylic acids is 1. The summed E-state index contributed by atoms with van der Waals surface area (Å²) in [4.78, 5) is 10.9. The average molecular weight is 324 g/mol.